The highest BCUT2D eigenvalue weighted by molar-refractivity contribution is 7.89. The molecule has 0 unspecified atom stereocenters. The predicted molar refractivity (Wildman–Crippen MR) is 81.5 cm³/mol. The fraction of sp³-hybridized carbons (Fsp3) is 0.273. The molecule has 5 nitrogen and oxygen atoms in total. The Morgan fingerprint density at radius 2 is 1.81 bits per heavy atom. The molecule has 0 bridgehead atoms. The molecule has 0 heterocycles. The van der Waals surface area contributed by atoms with Crippen LogP contribution in [-0.4, -0.2) is 24.9 Å². The molecule has 0 spiro atoms. The van der Waals surface area contributed by atoms with Crippen molar-refractivity contribution >= 4 is 66.9 Å². The van der Waals surface area contributed by atoms with Gasteiger partial charge in [-0.3, -0.25) is 9.59 Å². The number of benzene rings is 1. The lowest BCUT2D eigenvalue weighted by molar-refractivity contribution is -0.114. The zero-order valence-corrected chi connectivity index (χ0v) is 14.1. The van der Waals surface area contributed by atoms with Crippen LogP contribution in [0.1, 0.15) is 12.8 Å². The zero-order chi connectivity index (χ0) is 16.2. The largest absolute Gasteiger partial charge is 0.281 e. The summed E-state index contributed by atoms with van der Waals surface area (Å²) in [5, 5.41) is -1.59. The summed E-state index contributed by atoms with van der Waals surface area (Å²) in [6.07, 6.45) is -0.376. The molecule has 1 atom stereocenters. The van der Waals surface area contributed by atoms with Crippen LogP contribution in [0.4, 0.5) is 0 Å². The summed E-state index contributed by atoms with van der Waals surface area (Å²) in [6, 6.07) is 2.56. The van der Waals surface area contributed by atoms with Crippen molar-refractivity contribution in [1.82, 2.24) is 4.72 Å². The number of hydrogen-bond donors (Lipinski definition) is 1. The molecule has 0 aliphatic carbocycles. The molecule has 0 saturated heterocycles. The Morgan fingerprint density at radius 1 is 1.19 bits per heavy atom. The molecule has 0 fully saturated rings. The minimum absolute atomic E-state index is 0.0684. The molecule has 0 aromatic heterocycles. The van der Waals surface area contributed by atoms with E-state index in [2.05, 4.69) is 4.72 Å². The van der Waals surface area contributed by atoms with E-state index in [1.807, 2.05) is 0 Å². The molecule has 1 aromatic carbocycles. The lowest BCUT2D eigenvalue weighted by Crippen LogP contribution is -2.39. The van der Waals surface area contributed by atoms with E-state index in [-0.39, 0.29) is 27.8 Å². The van der Waals surface area contributed by atoms with Crippen molar-refractivity contribution in [2.24, 2.45) is 0 Å². The van der Waals surface area contributed by atoms with Gasteiger partial charge in [-0.05, 0) is 47.8 Å². The van der Waals surface area contributed by atoms with Gasteiger partial charge in [0.25, 0.3) is 0 Å². The van der Waals surface area contributed by atoms with Crippen molar-refractivity contribution < 1.29 is 18.0 Å². The van der Waals surface area contributed by atoms with E-state index >= 15 is 0 Å². The molecule has 0 radical (unpaired) electrons. The van der Waals surface area contributed by atoms with Crippen molar-refractivity contribution in [2.75, 3.05) is 0 Å². The van der Waals surface area contributed by atoms with Gasteiger partial charge < -0.3 is 0 Å². The van der Waals surface area contributed by atoms with Gasteiger partial charge in [-0.1, -0.05) is 23.2 Å². The number of carbonyl (C=O) groups is 2. The third-order valence-corrected chi connectivity index (χ3v) is 5.02. The van der Waals surface area contributed by atoms with E-state index in [1.165, 1.54) is 12.1 Å². The topological polar surface area (TPSA) is 80.3 Å². The third-order valence-electron chi connectivity index (χ3n) is 2.38. The minimum atomic E-state index is -4.13. The van der Waals surface area contributed by atoms with Crippen LogP contribution < -0.4 is 4.72 Å². The van der Waals surface area contributed by atoms with Crippen molar-refractivity contribution in [2.45, 2.75) is 23.8 Å². The summed E-state index contributed by atoms with van der Waals surface area (Å²) in [5.74, 6) is 0. The maximum Gasteiger partial charge on any atom is 0.242 e. The van der Waals surface area contributed by atoms with Gasteiger partial charge in [-0.2, -0.15) is 4.72 Å². The van der Waals surface area contributed by atoms with Crippen molar-refractivity contribution in [3.05, 3.63) is 28.2 Å². The monoisotopic (exact) mass is 391 g/mol. The van der Waals surface area contributed by atoms with E-state index in [1.54, 1.807) is 0 Å². The van der Waals surface area contributed by atoms with Crippen LogP contribution in [0.5, 0.6) is 0 Å². The number of sulfonamides is 1. The molecule has 10 heteroatoms. The average molecular weight is 393 g/mol. The highest BCUT2D eigenvalue weighted by Gasteiger charge is 2.26. The second-order valence-corrected chi connectivity index (χ2v) is 7.27. The molecule has 1 N–H and O–H groups in total. The summed E-state index contributed by atoms with van der Waals surface area (Å²) in [6.45, 7) is 0. The minimum Gasteiger partial charge on any atom is -0.281 e. The van der Waals surface area contributed by atoms with Gasteiger partial charge in [0.1, 0.15) is 4.90 Å². The Morgan fingerprint density at radius 3 is 2.33 bits per heavy atom. The number of hydrogen-bond acceptors (Lipinski definition) is 4. The number of halogens is 4. The Hall–Kier alpha value is -0.370. The van der Waals surface area contributed by atoms with E-state index < -0.39 is 26.5 Å². The smallest absolute Gasteiger partial charge is 0.242 e. The van der Waals surface area contributed by atoms with Gasteiger partial charge in [0.15, 0.2) is 0 Å². The van der Waals surface area contributed by atoms with Crippen LogP contribution in [-0.2, 0) is 19.6 Å². The summed E-state index contributed by atoms with van der Waals surface area (Å²) in [4.78, 5) is 21.6. The Balaban J connectivity index is 3.03. The molecule has 0 aliphatic heterocycles. The lowest BCUT2D eigenvalue weighted by atomic mass is 10.2. The number of carbonyl (C=O) groups excluding carboxylic acids is 2. The SMILES string of the molecule is O=C(Cl)CC[C@H](NS(=O)(=O)c1cc(Cl)ccc1Cl)C(=O)Cl. The summed E-state index contributed by atoms with van der Waals surface area (Å²) >= 11 is 22.0. The molecule has 0 aliphatic rings. The van der Waals surface area contributed by atoms with Gasteiger partial charge in [0.2, 0.25) is 20.5 Å². The Bertz CT molecular complexity index is 662. The molecule has 0 amide bonds. The van der Waals surface area contributed by atoms with Crippen molar-refractivity contribution in [3.8, 4) is 0 Å². The first-order valence-corrected chi connectivity index (χ1v) is 8.48. The average Bonchev–Trinajstić information content (AvgIpc) is 2.36. The van der Waals surface area contributed by atoms with Crippen LogP contribution in [0.15, 0.2) is 23.1 Å². The molecule has 0 saturated carbocycles. The molecular weight excluding hydrogens is 384 g/mol. The van der Waals surface area contributed by atoms with Gasteiger partial charge in [0, 0.05) is 11.4 Å². The maximum atomic E-state index is 12.2. The molecular formula is C11H9Cl4NO4S. The number of nitrogens with one attached hydrogen (secondary N) is 1. The van der Waals surface area contributed by atoms with Crippen LogP contribution in [0.3, 0.4) is 0 Å². The third kappa shape index (κ3) is 5.73. The van der Waals surface area contributed by atoms with Crippen LogP contribution in [0, 0.1) is 0 Å². The molecule has 21 heavy (non-hydrogen) atoms. The zero-order valence-electron chi connectivity index (χ0n) is 10.3. The van der Waals surface area contributed by atoms with Gasteiger partial charge in [-0.15, -0.1) is 0 Å². The van der Waals surface area contributed by atoms with Gasteiger partial charge in [0.05, 0.1) is 11.1 Å². The first-order chi connectivity index (χ1) is 9.63. The molecule has 1 rings (SSSR count). The Labute approximate surface area is 141 Å². The second-order valence-electron chi connectivity index (χ2n) is 3.95. The number of rotatable bonds is 7. The predicted octanol–water partition coefficient (Wildman–Crippen LogP) is 2.95. The lowest BCUT2D eigenvalue weighted by Gasteiger charge is -2.15. The molecule has 116 valence electrons. The van der Waals surface area contributed by atoms with Gasteiger partial charge >= 0.3 is 0 Å². The normalized spacial score (nSPS) is 13.0. The standard InChI is InChI=1S/C11H9Cl4NO4S/c12-6-1-2-7(13)9(5-6)21(19,20)16-8(11(15)18)3-4-10(14)17/h1-2,5,8,16H,3-4H2/t8-/m0/s1. The first kappa shape index (κ1) is 18.7. The van der Waals surface area contributed by atoms with E-state index in [4.69, 9.17) is 46.4 Å². The quantitative estimate of drug-likeness (QED) is 0.723. The van der Waals surface area contributed by atoms with Crippen LogP contribution in [0.2, 0.25) is 10.0 Å². The first-order valence-electron chi connectivity index (χ1n) is 5.48. The van der Waals surface area contributed by atoms with Crippen LogP contribution >= 0.6 is 46.4 Å². The molecule has 1 aromatic rings. The van der Waals surface area contributed by atoms with E-state index in [0.29, 0.717) is 0 Å². The van der Waals surface area contributed by atoms with Gasteiger partial charge in [-0.25, -0.2) is 8.42 Å². The maximum absolute atomic E-state index is 12.2. The highest BCUT2D eigenvalue weighted by atomic mass is 35.5. The van der Waals surface area contributed by atoms with E-state index in [0.717, 1.165) is 6.07 Å². The second kappa shape index (κ2) is 7.76. The van der Waals surface area contributed by atoms with E-state index in [9.17, 15) is 18.0 Å². The van der Waals surface area contributed by atoms with Crippen molar-refractivity contribution in [1.29, 1.82) is 0 Å². The summed E-state index contributed by atoms with van der Waals surface area (Å²) < 4.78 is 26.4. The van der Waals surface area contributed by atoms with Crippen molar-refractivity contribution in [3.63, 3.8) is 0 Å². The fourth-order valence-electron chi connectivity index (χ4n) is 1.41. The summed E-state index contributed by atoms with van der Waals surface area (Å²) in [5.41, 5.74) is 0. The summed E-state index contributed by atoms with van der Waals surface area (Å²) in [7, 11) is -4.13. The highest BCUT2D eigenvalue weighted by Crippen LogP contribution is 2.25. The Kier molecular flexibility index (Phi) is 6.90. The fourth-order valence-corrected chi connectivity index (χ4v) is 3.74. The van der Waals surface area contributed by atoms with Crippen LogP contribution in [0.25, 0.3) is 0 Å².